The first kappa shape index (κ1) is 13.5. The quantitative estimate of drug-likeness (QED) is 0.886. The number of hydrogen-bond donors (Lipinski definition) is 1. The van der Waals surface area contributed by atoms with Crippen molar-refractivity contribution in [3.8, 4) is 0 Å². The zero-order valence-corrected chi connectivity index (χ0v) is 11.9. The van der Waals surface area contributed by atoms with Gasteiger partial charge in [0.05, 0.1) is 5.54 Å². The molecule has 1 aromatic rings. The SMILES string of the molecule is NC1(C(=O)N2CCCC(Cn3cncn3)C2)CCCC1. The molecule has 1 unspecified atom stereocenters. The zero-order chi connectivity index (χ0) is 14.0. The monoisotopic (exact) mass is 277 g/mol. The van der Waals surface area contributed by atoms with Crippen molar-refractivity contribution in [2.24, 2.45) is 11.7 Å². The molecule has 1 saturated heterocycles. The smallest absolute Gasteiger partial charge is 0.242 e. The van der Waals surface area contributed by atoms with Crippen molar-refractivity contribution >= 4 is 5.91 Å². The summed E-state index contributed by atoms with van der Waals surface area (Å²) in [6.45, 7) is 2.49. The molecule has 1 atom stereocenters. The molecule has 0 spiro atoms. The number of amides is 1. The van der Waals surface area contributed by atoms with Gasteiger partial charge in [0.2, 0.25) is 5.91 Å². The van der Waals surface area contributed by atoms with Crippen molar-refractivity contribution in [1.29, 1.82) is 0 Å². The second kappa shape index (κ2) is 5.52. The number of hydrogen-bond acceptors (Lipinski definition) is 4. The molecule has 1 saturated carbocycles. The number of carbonyl (C=O) groups excluding carboxylic acids is 1. The fourth-order valence-electron chi connectivity index (χ4n) is 3.52. The van der Waals surface area contributed by atoms with Gasteiger partial charge >= 0.3 is 0 Å². The largest absolute Gasteiger partial charge is 0.341 e. The lowest BCUT2D eigenvalue weighted by molar-refractivity contribution is -0.138. The Bertz CT molecular complexity index is 452. The molecule has 20 heavy (non-hydrogen) atoms. The van der Waals surface area contributed by atoms with Gasteiger partial charge in [-0.1, -0.05) is 12.8 Å². The lowest BCUT2D eigenvalue weighted by atomic mass is 9.92. The van der Waals surface area contributed by atoms with Crippen molar-refractivity contribution in [3.63, 3.8) is 0 Å². The molecule has 1 aromatic heterocycles. The Labute approximate surface area is 119 Å². The minimum absolute atomic E-state index is 0.165. The predicted octanol–water partition coefficient (Wildman–Crippen LogP) is 0.788. The van der Waals surface area contributed by atoms with Gasteiger partial charge in [0.15, 0.2) is 0 Å². The van der Waals surface area contributed by atoms with E-state index in [-0.39, 0.29) is 5.91 Å². The fraction of sp³-hybridized carbons (Fsp3) is 0.786. The van der Waals surface area contributed by atoms with Crippen LogP contribution in [0, 0.1) is 5.92 Å². The molecular weight excluding hydrogens is 254 g/mol. The van der Waals surface area contributed by atoms with E-state index in [1.165, 1.54) is 0 Å². The van der Waals surface area contributed by atoms with Gasteiger partial charge < -0.3 is 10.6 Å². The number of aromatic nitrogens is 3. The Morgan fingerprint density at radius 2 is 2.15 bits per heavy atom. The highest BCUT2D eigenvalue weighted by atomic mass is 16.2. The minimum Gasteiger partial charge on any atom is -0.341 e. The molecule has 1 amide bonds. The highest BCUT2D eigenvalue weighted by Crippen LogP contribution is 2.30. The summed E-state index contributed by atoms with van der Waals surface area (Å²) in [5, 5.41) is 4.15. The molecule has 110 valence electrons. The van der Waals surface area contributed by atoms with E-state index < -0.39 is 5.54 Å². The van der Waals surface area contributed by atoms with Gasteiger partial charge in [-0.2, -0.15) is 5.10 Å². The lowest BCUT2D eigenvalue weighted by Gasteiger charge is -2.37. The topological polar surface area (TPSA) is 77.0 Å². The Hall–Kier alpha value is -1.43. The summed E-state index contributed by atoms with van der Waals surface area (Å²) in [6, 6.07) is 0. The van der Waals surface area contributed by atoms with E-state index in [2.05, 4.69) is 10.1 Å². The third kappa shape index (κ3) is 2.70. The first-order valence-electron chi connectivity index (χ1n) is 7.58. The maximum atomic E-state index is 12.6. The average Bonchev–Trinajstić information content (AvgIpc) is 3.11. The van der Waals surface area contributed by atoms with E-state index in [4.69, 9.17) is 5.73 Å². The molecule has 0 bridgehead atoms. The summed E-state index contributed by atoms with van der Waals surface area (Å²) in [5.41, 5.74) is 5.71. The maximum Gasteiger partial charge on any atom is 0.242 e. The van der Waals surface area contributed by atoms with Crippen LogP contribution in [-0.2, 0) is 11.3 Å². The van der Waals surface area contributed by atoms with Crippen LogP contribution < -0.4 is 5.73 Å². The Morgan fingerprint density at radius 3 is 2.85 bits per heavy atom. The highest BCUT2D eigenvalue weighted by molar-refractivity contribution is 5.86. The Kier molecular flexibility index (Phi) is 3.74. The van der Waals surface area contributed by atoms with Crippen LogP contribution in [0.5, 0.6) is 0 Å². The van der Waals surface area contributed by atoms with E-state index in [9.17, 15) is 4.79 Å². The average molecular weight is 277 g/mol. The number of nitrogens with two attached hydrogens (primary N) is 1. The number of rotatable bonds is 3. The molecule has 2 fully saturated rings. The van der Waals surface area contributed by atoms with E-state index >= 15 is 0 Å². The molecule has 1 aliphatic heterocycles. The van der Waals surface area contributed by atoms with Crippen molar-refractivity contribution in [1.82, 2.24) is 19.7 Å². The maximum absolute atomic E-state index is 12.6. The van der Waals surface area contributed by atoms with Gasteiger partial charge in [-0.3, -0.25) is 9.48 Å². The molecule has 0 aromatic carbocycles. The van der Waals surface area contributed by atoms with Crippen LogP contribution in [0.15, 0.2) is 12.7 Å². The summed E-state index contributed by atoms with van der Waals surface area (Å²) in [4.78, 5) is 18.6. The summed E-state index contributed by atoms with van der Waals surface area (Å²) in [6.07, 6.45) is 9.34. The minimum atomic E-state index is -0.588. The van der Waals surface area contributed by atoms with Gasteiger partial charge in [0.1, 0.15) is 12.7 Å². The molecule has 3 rings (SSSR count). The van der Waals surface area contributed by atoms with Gasteiger partial charge in [0, 0.05) is 19.6 Å². The van der Waals surface area contributed by atoms with Crippen molar-refractivity contribution in [2.75, 3.05) is 13.1 Å². The van der Waals surface area contributed by atoms with Crippen LogP contribution in [-0.4, -0.2) is 44.2 Å². The van der Waals surface area contributed by atoms with Crippen molar-refractivity contribution in [3.05, 3.63) is 12.7 Å². The lowest BCUT2D eigenvalue weighted by Crippen LogP contribution is -2.56. The van der Waals surface area contributed by atoms with Gasteiger partial charge in [0.25, 0.3) is 0 Å². The summed E-state index contributed by atoms with van der Waals surface area (Å²) < 4.78 is 1.85. The second-order valence-electron chi connectivity index (χ2n) is 6.24. The molecule has 2 heterocycles. The first-order chi connectivity index (χ1) is 9.67. The van der Waals surface area contributed by atoms with E-state index in [0.717, 1.165) is 58.2 Å². The van der Waals surface area contributed by atoms with Crippen LogP contribution in [0.25, 0.3) is 0 Å². The molecular formula is C14H23N5O. The third-order valence-electron chi connectivity index (χ3n) is 4.64. The fourth-order valence-corrected chi connectivity index (χ4v) is 3.52. The van der Waals surface area contributed by atoms with Crippen LogP contribution in [0.4, 0.5) is 0 Å². The molecule has 6 heteroatoms. The normalized spacial score (nSPS) is 25.9. The second-order valence-corrected chi connectivity index (χ2v) is 6.24. The van der Waals surface area contributed by atoms with Crippen molar-refractivity contribution in [2.45, 2.75) is 50.6 Å². The van der Waals surface area contributed by atoms with E-state index in [0.29, 0.717) is 5.92 Å². The zero-order valence-electron chi connectivity index (χ0n) is 11.9. The third-order valence-corrected chi connectivity index (χ3v) is 4.64. The van der Waals surface area contributed by atoms with Gasteiger partial charge in [-0.15, -0.1) is 0 Å². The molecule has 0 radical (unpaired) electrons. The van der Waals surface area contributed by atoms with Crippen LogP contribution in [0.3, 0.4) is 0 Å². The van der Waals surface area contributed by atoms with Gasteiger partial charge in [-0.25, -0.2) is 4.98 Å². The number of carbonyl (C=O) groups is 1. The number of likely N-dealkylation sites (tertiary alicyclic amines) is 1. The summed E-state index contributed by atoms with van der Waals surface area (Å²) in [5.74, 6) is 0.623. The predicted molar refractivity (Wildman–Crippen MR) is 74.7 cm³/mol. The van der Waals surface area contributed by atoms with Crippen LogP contribution in [0.2, 0.25) is 0 Å². The van der Waals surface area contributed by atoms with E-state index in [1.54, 1.807) is 12.7 Å². The molecule has 6 nitrogen and oxygen atoms in total. The molecule has 1 aliphatic carbocycles. The Balaban J connectivity index is 1.61. The van der Waals surface area contributed by atoms with Crippen molar-refractivity contribution < 1.29 is 4.79 Å². The standard InChI is InChI=1S/C14H23N5O/c15-14(5-1-2-6-14)13(20)18-7-3-4-12(8-18)9-19-11-16-10-17-19/h10-12H,1-9,15H2. The van der Waals surface area contributed by atoms with Crippen LogP contribution >= 0.6 is 0 Å². The first-order valence-corrected chi connectivity index (χ1v) is 7.58. The molecule has 2 N–H and O–H groups in total. The number of nitrogens with zero attached hydrogens (tertiary/aromatic N) is 4. The summed E-state index contributed by atoms with van der Waals surface area (Å²) >= 11 is 0. The molecule has 2 aliphatic rings. The number of piperidine rings is 1. The highest BCUT2D eigenvalue weighted by Gasteiger charge is 2.40. The van der Waals surface area contributed by atoms with E-state index in [1.807, 2.05) is 9.58 Å². The van der Waals surface area contributed by atoms with Crippen LogP contribution in [0.1, 0.15) is 38.5 Å². The summed E-state index contributed by atoms with van der Waals surface area (Å²) in [7, 11) is 0. The Morgan fingerprint density at radius 1 is 1.35 bits per heavy atom. The van der Waals surface area contributed by atoms with Gasteiger partial charge in [-0.05, 0) is 31.6 Å².